The van der Waals surface area contributed by atoms with Gasteiger partial charge in [-0.2, -0.15) is 0 Å². The first-order valence-corrected chi connectivity index (χ1v) is 5.63. The Morgan fingerprint density at radius 3 is 2.18 bits per heavy atom. The fourth-order valence-electron chi connectivity index (χ4n) is 1.87. The van der Waals surface area contributed by atoms with Crippen LogP contribution in [0.25, 0.3) is 0 Å². The lowest BCUT2D eigenvalue weighted by Crippen LogP contribution is -2.12. The fraction of sp³-hybridized carbons (Fsp3) is 0.133. The third-order valence-corrected chi connectivity index (χ3v) is 2.81. The van der Waals surface area contributed by atoms with Crippen LogP contribution >= 0.6 is 0 Å². The fourth-order valence-corrected chi connectivity index (χ4v) is 1.87. The van der Waals surface area contributed by atoms with Crippen LogP contribution in [0.3, 0.4) is 0 Å². The average Bonchev–Trinajstić information content (AvgIpc) is 2.39. The van der Waals surface area contributed by atoms with E-state index in [1.54, 1.807) is 0 Å². The normalized spacial score (nSPS) is 10.0. The molecule has 0 radical (unpaired) electrons. The number of benzene rings is 2. The molecular formula is C15H16N2. The molecule has 2 rings (SSSR count). The summed E-state index contributed by atoms with van der Waals surface area (Å²) in [6.07, 6.45) is 0. The summed E-state index contributed by atoms with van der Waals surface area (Å²) in [5.74, 6) is 0. The minimum Gasteiger partial charge on any atom is -0.344 e. The molecule has 2 heteroatoms. The molecule has 2 aromatic rings. The highest BCUT2D eigenvalue weighted by Gasteiger charge is 2.09. The van der Waals surface area contributed by atoms with Gasteiger partial charge in [0.25, 0.3) is 0 Å². The largest absolute Gasteiger partial charge is 0.344 e. The summed E-state index contributed by atoms with van der Waals surface area (Å²) in [5.41, 5.74) is 3.75. The number of anilines is 2. The molecule has 2 aromatic carbocycles. The van der Waals surface area contributed by atoms with Gasteiger partial charge in [0.05, 0.1) is 0 Å². The first-order chi connectivity index (χ1) is 8.20. The molecule has 1 N–H and O–H groups in total. The van der Waals surface area contributed by atoms with Gasteiger partial charge in [0, 0.05) is 29.7 Å². The molecule has 0 saturated heterocycles. The van der Waals surface area contributed by atoms with Gasteiger partial charge in [-0.3, -0.25) is 0 Å². The number of hydrogen-bond acceptors (Lipinski definition) is 2. The average molecular weight is 224 g/mol. The number of rotatable bonds is 3. The summed E-state index contributed by atoms with van der Waals surface area (Å²) < 4.78 is 0. The zero-order chi connectivity index (χ0) is 12.3. The molecule has 0 unspecified atom stereocenters. The SMILES string of the molecule is CC(=N)c1ccccc1N(C)c1ccccc1. The van der Waals surface area contributed by atoms with E-state index < -0.39 is 0 Å². The molecule has 0 aliphatic heterocycles. The first kappa shape index (κ1) is 11.4. The van der Waals surface area contributed by atoms with Crippen molar-refractivity contribution in [3.8, 4) is 0 Å². The Morgan fingerprint density at radius 2 is 1.53 bits per heavy atom. The summed E-state index contributed by atoms with van der Waals surface area (Å²) in [4.78, 5) is 2.10. The summed E-state index contributed by atoms with van der Waals surface area (Å²) in [6.45, 7) is 1.82. The second-order valence-corrected chi connectivity index (χ2v) is 4.04. The van der Waals surface area contributed by atoms with E-state index in [4.69, 9.17) is 5.41 Å². The second-order valence-electron chi connectivity index (χ2n) is 4.04. The Morgan fingerprint density at radius 1 is 0.941 bits per heavy atom. The molecule has 0 saturated carbocycles. The highest BCUT2D eigenvalue weighted by molar-refractivity contribution is 6.02. The van der Waals surface area contributed by atoms with Crippen LogP contribution in [0.5, 0.6) is 0 Å². The number of hydrogen-bond donors (Lipinski definition) is 1. The van der Waals surface area contributed by atoms with Crippen molar-refractivity contribution < 1.29 is 0 Å². The van der Waals surface area contributed by atoms with E-state index in [2.05, 4.69) is 17.0 Å². The molecule has 0 bridgehead atoms. The molecule has 0 aliphatic carbocycles. The zero-order valence-electron chi connectivity index (χ0n) is 10.1. The van der Waals surface area contributed by atoms with Gasteiger partial charge < -0.3 is 10.3 Å². The minimum atomic E-state index is 0.586. The van der Waals surface area contributed by atoms with Crippen LogP contribution in [0, 0.1) is 5.41 Å². The molecule has 86 valence electrons. The monoisotopic (exact) mass is 224 g/mol. The zero-order valence-corrected chi connectivity index (χ0v) is 10.1. The van der Waals surface area contributed by atoms with Crippen molar-refractivity contribution in [3.05, 3.63) is 60.2 Å². The van der Waals surface area contributed by atoms with Gasteiger partial charge in [0.2, 0.25) is 0 Å². The summed E-state index contributed by atoms with van der Waals surface area (Å²) >= 11 is 0. The van der Waals surface area contributed by atoms with Crippen molar-refractivity contribution in [2.24, 2.45) is 0 Å². The van der Waals surface area contributed by atoms with Crippen molar-refractivity contribution >= 4 is 17.1 Å². The maximum absolute atomic E-state index is 7.81. The maximum atomic E-state index is 7.81. The molecule has 0 fully saturated rings. The van der Waals surface area contributed by atoms with Crippen LogP contribution in [0.1, 0.15) is 12.5 Å². The molecule has 0 aliphatic rings. The van der Waals surface area contributed by atoms with Crippen molar-refractivity contribution in [2.75, 3.05) is 11.9 Å². The Kier molecular flexibility index (Phi) is 3.24. The third kappa shape index (κ3) is 2.36. The second kappa shape index (κ2) is 4.83. The van der Waals surface area contributed by atoms with Crippen LogP contribution in [-0.4, -0.2) is 12.8 Å². The highest BCUT2D eigenvalue weighted by atomic mass is 15.1. The molecule has 0 amide bonds. The standard InChI is InChI=1S/C15H16N2/c1-12(16)14-10-6-7-11-15(14)17(2)13-8-4-3-5-9-13/h3-11,16H,1-2H3. The lowest BCUT2D eigenvalue weighted by atomic mass is 10.1. The van der Waals surface area contributed by atoms with Gasteiger partial charge in [0.1, 0.15) is 0 Å². The topological polar surface area (TPSA) is 27.1 Å². The molecule has 0 heterocycles. The predicted molar refractivity (Wildman–Crippen MR) is 73.4 cm³/mol. The van der Waals surface area contributed by atoms with Gasteiger partial charge in [0.15, 0.2) is 0 Å². The van der Waals surface area contributed by atoms with Crippen LogP contribution in [-0.2, 0) is 0 Å². The summed E-state index contributed by atoms with van der Waals surface area (Å²) in [6, 6.07) is 18.2. The van der Waals surface area contributed by atoms with E-state index in [0.29, 0.717) is 5.71 Å². The lowest BCUT2D eigenvalue weighted by molar-refractivity contribution is 1.20. The molecule has 2 nitrogen and oxygen atoms in total. The van der Waals surface area contributed by atoms with E-state index in [-0.39, 0.29) is 0 Å². The molecule has 0 spiro atoms. The Balaban J connectivity index is 2.44. The van der Waals surface area contributed by atoms with Crippen molar-refractivity contribution in [1.82, 2.24) is 0 Å². The van der Waals surface area contributed by atoms with Gasteiger partial charge in [-0.05, 0) is 25.1 Å². The van der Waals surface area contributed by atoms with Crippen molar-refractivity contribution in [1.29, 1.82) is 5.41 Å². The van der Waals surface area contributed by atoms with E-state index in [0.717, 1.165) is 16.9 Å². The highest BCUT2D eigenvalue weighted by Crippen LogP contribution is 2.26. The molecule has 0 atom stereocenters. The van der Waals surface area contributed by atoms with Gasteiger partial charge in [-0.15, -0.1) is 0 Å². The van der Waals surface area contributed by atoms with E-state index in [1.807, 2.05) is 56.4 Å². The number of nitrogens with one attached hydrogen (secondary N) is 1. The molecular weight excluding hydrogens is 208 g/mol. The van der Waals surface area contributed by atoms with Gasteiger partial charge in [-0.1, -0.05) is 36.4 Å². The predicted octanol–water partition coefficient (Wildman–Crippen LogP) is 3.84. The van der Waals surface area contributed by atoms with E-state index in [1.165, 1.54) is 0 Å². The Bertz CT molecular complexity index is 517. The van der Waals surface area contributed by atoms with Crippen LogP contribution in [0.4, 0.5) is 11.4 Å². The molecule has 17 heavy (non-hydrogen) atoms. The minimum absolute atomic E-state index is 0.586. The number of nitrogens with zero attached hydrogens (tertiary/aromatic N) is 1. The number of para-hydroxylation sites is 2. The molecule has 0 aromatic heterocycles. The smallest absolute Gasteiger partial charge is 0.0499 e. The third-order valence-electron chi connectivity index (χ3n) is 2.81. The lowest BCUT2D eigenvalue weighted by Gasteiger charge is -2.22. The van der Waals surface area contributed by atoms with Crippen LogP contribution in [0.15, 0.2) is 54.6 Å². The van der Waals surface area contributed by atoms with E-state index >= 15 is 0 Å². The summed E-state index contributed by atoms with van der Waals surface area (Å²) in [5, 5.41) is 7.81. The van der Waals surface area contributed by atoms with Gasteiger partial charge in [-0.25, -0.2) is 0 Å². The van der Waals surface area contributed by atoms with Gasteiger partial charge >= 0.3 is 0 Å². The summed E-state index contributed by atoms with van der Waals surface area (Å²) in [7, 11) is 2.02. The maximum Gasteiger partial charge on any atom is 0.0499 e. The van der Waals surface area contributed by atoms with Crippen LogP contribution in [0.2, 0.25) is 0 Å². The van der Waals surface area contributed by atoms with Crippen LogP contribution < -0.4 is 4.90 Å². The van der Waals surface area contributed by atoms with Crippen molar-refractivity contribution in [3.63, 3.8) is 0 Å². The Hall–Kier alpha value is -2.09. The first-order valence-electron chi connectivity index (χ1n) is 5.63. The van der Waals surface area contributed by atoms with Crippen molar-refractivity contribution in [2.45, 2.75) is 6.92 Å². The Labute approximate surface area is 102 Å². The quantitative estimate of drug-likeness (QED) is 0.788. The van der Waals surface area contributed by atoms with E-state index in [9.17, 15) is 0 Å².